The Balaban J connectivity index is 1.30. The molecule has 1 unspecified atom stereocenters. The van der Waals surface area contributed by atoms with Gasteiger partial charge in [-0.05, 0) is 73.5 Å². The van der Waals surface area contributed by atoms with Gasteiger partial charge in [0.15, 0.2) is 5.79 Å². The zero-order chi connectivity index (χ0) is 23.6. The number of hydrogen-bond acceptors (Lipinski definition) is 6. The molecule has 188 valence electrons. The molecule has 14 atom stereocenters. The second kappa shape index (κ2) is 7.17. The van der Waals surface area contributed by atoms with Crippen molar-refractivity contribution in [3.63, 3.8) is 0 Å². The Morgan fingerprint density at radius 2 is 1.61 bits per heavy atom. The molecule has 0 aromatic carbocycles. The molecule has 2 heterocycles. The van der Waals surface area contributed by atoms with Crippen molar-refractivity contribution in [2.45, 2.75) is 115 Å². The van der Waals surface area contributed by atoms with E-state index >= 15 is 0 Å². The van der Waals surface area contributed by atoms with Gasteiger partial charge in [0, 0.05) is 24.2 Å². The molecule has 4 N–H and O–H groups in total. The van der Waals surface area contributed by atoms with E-state index in [1.54, 1.807) is 0 Å². The van der Waals surface area contributed by atoms with Gasteiger partial charge in [0.2, 0.25) is 0 Å². The first-order chi connectivity index (χ1) is 15.5. The van der Waals surface area contributed by atoms with Crippen LogP contribution >= 0.6 is 0 Å². The second-order valence-corrected chi connectivity index (χ2v) is 13.5. The number of hydrogen-bond donors (Lipinski definition) is 4. The van der Waals surface area contributed by atoms with Crippen molar-refractivity contribution in [3.8, 4) is 0 Å². The van der Waals surface area contributed by atoms with Gasteiger partial charge >= 0.3 is 0 Å². The van der Waals surface area contributed by atoms with E-state index in [9.17, 15) is 20.4 Å². The maximum Gasteiger partial charge on any atom is 0.171 e. The van der Waals surface area contributed by atoms with Crippen LogP contribution in [-0.2, 0) is 9.47 Å². The van der Waals surface area contributed by atoms with E-state index in [1.807, 2.05) is 0 Å². The molecule has 0 aromatic heterocycles. The lowest BCUT2D eigenvalue weighted by Crippen LogP contribution is -2.70. The number of fused-ring (bicyclic) bond motifs is 7. The summed E-state index contributed by atoms with van der Waals surface area (Å²) in [5.74, 6) is 1.97. The van der Waals surface area contributed by atoms with E-state index in [0.29, 0.717) is 42.4 Å². The van der Waals surface area contributed by atoms with Crippen molar-refractivity contribution in [3.05, 3.63) is 0 Å². The summed E-state index contributed by atoms with van der Waals surface area (Å²) in [5.41, 5.74) is -1.79. The standard InChI is InChI=1S/C27H44O6/c1-14-5-8-27(32-13-14)15(2)23-21(33-27)10-18-16-9-22(30)26(31)12-20(29)19(28)11-25(26,4)17(16)6-7-24(18,23)3/h14-23,28-31H,5-13H2,1-4H3/t14-,15+,16-,17+,18+,19-,20-,21?,22-,23+,24+,25-,26+,27-/m1/s1. The molecule has 6 fully saturated rings. The summed E-state index contributed by atoms with van der Waals surface area (Å²) in [5, 5.41) is 43.8. The van der Waals surface area contributed by atoms with Crippen LogP contribution in [-0.4, -0.2) is 62.8 Å². The highest BCUT2D eigenvalue weighted by Crippen LogP contribution is 2.71. The lowest BCUT2D eigenvalue weighted by atomic mass is 9.42. The van der Waals surface area contributed by atoms with Crippen molar-refractivity contribution < 1.29 is 29.9 Å². The van der Waals surface area contributed by atoms with Crippen LogP contribution in [0.4, 0.5) is 0 Å². The van der Waals surface area contributed by atoms with Gasteiger partial charge in [0.25, 0.3) is 0 Å². The first kappa shape index (κ1) is 23.2. The van der Waals surface area contributed by atoms with Gasteiger partial charge in [-0.1, -0.05) is 27.7 Å². The fraction of sp³-hybridized carbons (Fsp3) is 1.00. The third kappa shape index (κ3) is 2.83. The number of aliphatic hydroxyl groups excluding tert-OH is 3. The summed E-state index contributed by atoms with van der Waals surface area (Å²) in [6.07, 6.45) is 3.71. The second-order valence-electron chi connectivity index (χ2n) is 13.5. The van der Waals surface area contributed by atoms with Gasteiger partial charge in [-0.3, -0.25) is 0 Å². The molecule has 4 saturated carbocycles. The maximum atomic E-state index is 11.7. The zero-order valence-electron chi connectivity index (χ0n) is 20.7. The van der Waals surface area contributed by atoms with Gasteiger partial charge in [-0.25, -0.2) is 0 Å². The van der Waals surface area contributed by atoms with Crippen molar-refractivity contribution >= 4 is 0 Å². The quantitative estimate of drug-likeness (QED) is 0.440. The summed E-state index contributed by atoms with van der Waals surface area (Å²) in [6, 6.07) is 0. The molecule has 2 saturated heterocycles. The van der Waals surface area contributed by atoms with E-state index in [4.69, 9.17) is 9.47 Å². The number of rotatable bonds is 0. The summed E-state index contributed by atoms with van der Waals surface area (Å²) in [6.45, 7) is 9.90. The van der Waals surface area contributed by atoms with E-state index in [1.165, 1.54) is 0 Å². The monoisotopic (exact) mass is 464 g/mol. The normalized spacial score (nSPS) is 64.7. The largest absolute Gasteiger partial charge is 0.390 e. The van der Waals surface area contributed by atoms with Crippen molar-refractivity contribution in [2.24, 2.45) is 46.3 Å². The molecule has 0 aromatic rings. The third-order valence-corrected chi connectivity index (χ3v) is 12.2. The highest BCUT2D eigenvalue weighted by Gasteiger charge is 2.72. The van der Waals surface area contributed by atoms with Gasteiger partial charge in [0.05, 0.1) is 36.6 Å². The third-order valence-electron chi connectivity index (χ3n) is 12.2. The fourth-order valence-electron chi connectivity index (χ4n) is 10.3. The van der Waals surface area contributed by atoms with Crippen LogP contribution in [0.25, 0.3) is 0 Å². The van der Waals surface area contributed by atoms with E-state index in [2.05, 4.69) is 27.7 Å². The molecular weight excluding hydrogens is 420 g/mol. The number of aliphatic hydroxyl groups is 4. The minimum atomic E-state index is -1.34. The molecule has 1 spiro atoms. The summed E-state index contributed by atoms with van der Waals surface area (Å²) in [7, 11) is 0. The Morgan fingerprint density at radius 3 is 2.30 bits per heavy atom. The average molecular weight is 465 g/mol. The van der Waals surface area contributed by atoms with Crippen molar-refractivity contribution in [1.29, 1.82) is 0 Å². The molecule has 2 aliphatic heterocycles. The van der Waals surface area contributed by atoms with Crippen molar-refractivity contribution in [1.82, 2.24) is 0 Å². The van der Waals surface area contributed by atoms with Crippen LogP contribution < -0.4 is 0 Å². The Bertz CT molecular complexity index is 795. The molecule has 6 heteroatoms. The molecule has 0 amide bonds. The predicted molar refractivity (Wildman–Crippen MR) is 122 cm³/mol. The minimum absolute atomic E-state index is 0.0562. The summed E-state index contributed by atoms with van der Waals surface area (Å²) >= 11 is 0. The van der Waals surface area contributed by atoms with Crippen molar-refractivity contribution in [2.75, 3.05) is 6.61 Å². The summed E-state index contributed by atoms with van der Waals surface area (Å²) in [4.78, 5) is 0. The molecule has 6 nitrogen and oxygen atoms in total. The molecule has 4 aliphatic carbocycles. The first-order valence-corrected chi connectivity index (χ1v) is 13.5. The van der Waals surface area contributed by atoms with Crippen LogP contribution in [0.15, 0.2) is 0 Å². The van der Waals surface area contributed by atoms with E-state index in [-0.39, 0.29) is 23.9 Å². The Labute approximate surface area is 198 Å². The molecular formula is C27H44O6. The van der Waals surface area contributed by atoms with Crippen LogP contribution in [0.5, 0.6) is 0 Å². The average Bonchev–Trinajstić information content (AvgIpc) is 3.19. The van der Waals surface area contributed by atoms with Gasteiger partial charge in [-0.15, -0.1) is 0 Å². The molecule has 0 bridgehead atoms. The predicted octanol–water partition coefficient (Wildman–Crippen LogP) is 2.85. The lowest BCUT2D eigenvalue weighted by Gasteiger charge is -2.66. The SMILES string of the molecule is C[C@@H]1CC[C@@]2(OC1)OC1C[C@H]3[C@@H]4C[C@@H](O)[C@@]5(O)C[C@@H](O)[C@H](O)C[C@]5(C)[C@H]4CC[C@]3(C)[C@H]1[C@@H]2C. The molecule has 0 radical (unpaired) electrons. The zero-order valence-corrected chi connectivity index (χ0v) is 20.7. The summed E-state index contributed by atoms with van der Waals surface area (Å²) < 4.78 is 13.2. The lowest BCUT2D eigenvalue weighted by molar-refractivity contribution is -0.286. The van der Waals surface area contributed by atoms with E-state index in [0.717, 1.165) is 38.7 Å². The number of ether oxygens (including phenoxy) is 2. The molecule has 6 rings (SSSR count). The first-order valence-electron chi connectivity index (χ1n) is 13.5. The molecule has 33 heavy (non-hydrogen) atoms. The Hall–Kier alpha value is -0.240. The Kier molecular flexibility index (Phi) is 5.03. The van der Waals surface area contributed by atoms with Crippen LogP contribution in [0, 0.1) is 46.3 Å². The smallest absolute Gasteiger partial charge is 0.171 e. The van der Waals surface area contributed by atoms with Gasteiger partial charge in [-0.2, -0.15) is 0 Å². The minimum Gasteiger partial charge on any atom is -0.390 e. The fourth-order valence-corrected chi connectivity index (χ4v) is 10.3. The Morgan fingerprint density at radius 1 is 0.879 bits per heavy atom. The highest BCUT2D eigenvalue weighted by molar-refractivity contribution is 5.20. The molecule has 6 aliphatic rings. The maximum absolute atomic E-state index is 11.7. The van der Waals surface area contributed by atoms with Gasteiger partial charge < -0.3 is 29.9 Å². The topological polar surface area (TPSA) is 99.4 Å². The van der Waals surface area contributed by atoms with E-state index < -0.39 is 35.1 Å². The van der Waals surface area contributed by atoms with Crippen LogP contribution in [0.1, 0.15) is 79.1 Å². The van der Waals surface area contributed by atoms with Crippen LogP contribution in [0.2, 0.25) is 0 Å². The highest BCUT2D eigenvalue weighted by atomic mass is 16.7. The van der Waals surface area contributed by atoms with Crippen LogP contribution in [0.3, 0.4) is 0 Å². The van der Waals surface area contributed by atoms with Gasteiger partial charge in [0.1, 0.15) is 0 Å².